The molecule has 0 radical (unpaired) electrons. The molecule has 1 unspecified atom stereocenters. The van der Waals surface area contributed by atoms with Crippen LogP contribution in [-0.2, 0) is 11.2 Å². The average Bonchev–Trinajstić information content (AvgIpc) is 2.86. The number of phenols is 1. The molecule has 1 aliphatic rings. The van der Waals surface area contributed by atoms with E-state index in [4.69, 9.17) is 0 Å². The molecule has 2 N–H and O–H groups in total. The second kappa shape index (κ2) is 4.94. The molecule has 21 heavy (non-hydrogen) atoms. The Bertz CT molecular complexity index is 726. The minimum atomic E-state index is -1.04. The van der Waals surface area contributed by atoms with Gasteiger partial charge in [-0.15, -0.1) is 0 Å². The van der Waals surface area contributed by atoms with Gasteiger partial charge in [-0.25, -0.2) is 4.79 Å². The van der Waals surface area contributed by atoms with E-state index in [1.165, 1.54) is 17.0 Å². The van der Waals surface area contributed by atoms with Crippen molar-refractivity contribution < 1.29 is 19.8 Å². The summed E-state index contributed by atoms with van der Waals surface area (Å²) in [4.78, 5) is 25.4. The molecular formula is C16H13NO4. The van der Waals surface area contributed by atoms with Gasteiger partial charge in [0.2, 0.25) is 0 Å². The first-order valence-electron chi connectivity index (χ1n) is 6.51. The molecule has 5 nitrogen and oxygen atoms in total. The van der Waals surface area contributed by atoms with Gasteiger partial charge >= 0.3 is 5.97 Å². The topological polar surface area (TPSA) is 77.8 Å². The smallest absolute Gasteiger partial charge is 0.327 e. The van der Waals surface area contributed by atoms with Crippen LogP contribution in [0.1, 0.15) is 15.9 Å². The van der Waals surface area contributed by atoms with Crippen molar-refractivity contribution in [1.82, 2.24) is 0 Å². The molecule has 5 heteroatoms. The number of rotatable bonds is 2. The van der Waals surface area contributed by atoms with Crippen molar-refractivity contribution in [2.45, 2.75) is 12.5 Å². The number of phenolic OH excluding ortho intramolecular Hbond substituents is 1. The van der Waals surface area contributed by atoms with Crippen LogP contribution in [0, 0.1) is 0 Å². The summed E-state index contributed by atoms with van der Waals surface area (Å²) in [5.74, 6) is -1.50. The van der Waals surface area contributed by atoms with Crippen molar-refractivity contribution in [3.05, 3.63) is 59.7 Å². The predicted molar refractivity (Wildman–Crippen MR) is 76.5 cm³/mol. The zero-order valence-corrected chi connectivity index (χ0v) is 11.1. The van der Waals surface area contributed by atoms with Crippen LogP contribution in [0.3, 0.4) is 0 Å². The largest absolute Gasteiger partial charge is 0.508 e. The second-order valence-electron chi connectivity index (χ2n) is 4.91. The van der Waals surface area contributed by atoms with E-state index in [1.54, 1.807) is 24.3 Å². The molecule has 0 saturated heterocycles. The first-order valence-corrected chi connectivity index (χ1v) is 6.51. The zero-order chi connectivity index (χ0) is 15.0. The standard InChI is InChI=1S/C16H13NO4/c18-12-6-3-5-11(8-12)15(19)17-13-7-2-1-4-10(13)9-14(17)16(20)21/h1-8,14,18H,9H2,(H,20,21). The fourth-order valence-electron chi connectivity index (χ4n) is 2.61. The highest BCUT2D eigenvalue weighted by Gasteiger charge is 2.38. The van der Waals surface area contributed by atoms with Gasteiger partial charge in [0.25, 0.3) is 5.91 Å². The van der Waals surface area contributed by atoms with Crippen LogP contribution in [0.5, 0.6) is 5.75 Å². The van der Waals surface area contributed by atoms with Gasteiger partial charge in [0.05, 0.1) is 0 Å². The van der Waals surface area contributed by atoms with Crippen molar-refractivity contribution in [3.63, 3.8) is 0 Å². The summed E-state index contributed by atoms with van der Waals surface area (Å²) >= 11 is 0. The van der Waals surface area contributed by atoms with Crippen molar-refractivity contribution >= 4 is 17.6 Å². The van der Waals surface area contributed by atoms with Crippen LogP contribution < -0.4 is 4.90 Å². The Kier molecular flexibility index (Phi) is 3.10. The number of carboxylic acid groups (broad SMARTS) is 1. The SMILES string of the molecule is O=C(O)C1Cc2ccccc2N1C(=O)c1cccc(O)c1. The fourth-order valence-corrected chi connectivity index (χ4v) is 2.61. The Morgan fingerprint density at radius 2 is 1.86 bits per heavy atom. The van der Waals surface area contributed by atoms with Crippen LogP contribution in [0.4, 0.5) is 5.69 Å². The van der Waals surface area contributed by atoms with E-state index in [1.807, 2.05) is 12.1 Å². The maximum Gasteiger partial charge on any atom is 0.327 e. The molecule has 3 rings (SSSR count). The lowest BCUT2D eigenvalue weighted by Crippen LogP contribution is -2.42. The lowest BCUT2D eigenvalue weighted by molar-refractivity contribution is -0.138. The van der Waals surface area contributed by atoms with E-state index in [0.717, 1.165) is 5.56 Å². The van der Waals surface area contributed by atoms with Gasteiger partial charge in [-0.2, -0.15) is 0 Å². The van der Waals surface area contributed by atoms with Crippen LogP contribution in [0.25, 0.3) is 0 Å². The number of hydrogen-bond donors (Lipinski definition) is 2. The van der Waals surface area contributed by atoms with E-state index in [0.29, 0.717) is 5.69 Å². The average molecular weight is 283 g/mol. The van der Waals surface area contributed by atoms with Crippen LogP contribution in [0.15, 0.2) is 48.5 Å². The van der Waals surface area contributed by atoms with E-state index in [9.17, 15) is 19.8 Å². The summed E-state index contributed by atoms with van der Waals surface area (Å²) in [5, 5.41) is 18.9. The molecular weight excluding hydrogens is 270 g/mol. The molecule has 0 saturated carbocycles. The van der Waals surface area contributed by atoms with Crippen LogP contribution >= 0.6 is 0 Å². The number of nitrogens with zero attached hydrogens (tertiary/aromatic N) is 1. The van der Waals surface area contributed by atoms with Crippen molar-refractivity contribution in [1.29, 1.82) is 0 Å². The van der Waals surface area contributed by atoms with Crippen LogP contribution in [-0.4, -0.2) is 28.1 Å². The van der Waals surface area contributed by atoms with E-state index in [-0.39, 0.29) is 17.7 Å². The maximum atomic E-state index is 12.6. The van der Waals surface area contributed by atoms with E-state index < -0.39 is 17.9 Å². The molecule has 1 atom stereocenters. The van der Waals surface area contributed by atoms with Crippen molar-refractivity contribution in [2.24, 2.45) is 0 Å². The number of amides is 1. The number of carbonyl (C=O) groups is 2. The lowest BCUT2D eigenvalue weighted by Gasteiger charge is -2.22. The Balaban J connectivity index is 2.05. The summed E-state index contributed by atoms with van der Waals surface area (Å²) in [5.41, 5.74) is 1.70. The second-order valence-corrected chi connectivity index (χ2v) is 4.91. The number of hydrogen-bond acceptors (Lipinski definition) is 3. The summed E-state index contributed by atoms with van der Waals surface area (Å²) in [6, 6.07) is 12.1. The van der Waals surface area contributed by atoms with Crippen molar-refractivity contribution in [3.8, 4) is 5.75 Å². The number of fused-ring (bicyclic) bond motifs is 1. The first kappa shape index (κ1) is 13.2. The number of para-hydroxylation sites is 1. The molecule has 1 heterocycles. The Labute approximate surface area is 121 Å². The normalized spacial score (nSPS) is 16.6. The van der Waals surface area contributed by atoms with Crippen molar-refractivity contribution in [2.75, 3.05) is 4.90 Å². The molecule has 2 aromatic carbocycles. The molecule has 0 aromatic heterocycles. The molecule has 0 aliphatic carbocycles. The fraction of sp³-hybridized carbons (Fsp3) is 0.125. The van der Waals surface area contributed by atoms with Gasteiger partial charge in [0.1, 0.15) is 11.8 Å². The van der Waals surface area contributed by atoms with Gasteiger partial charge in [0, 0.05) is 17.7 Å². The number of aromatic hydroxyl groups is 1. The quantitative estimate of drug-likeness (QED) is 0.884. The highest BCUT2D eigenvalue weighted by atomic mass is 16.4. The Morgan fingerprint density at radius 1 is 1.10 bits per heavy atom. The number of anilines is 1. The maximum absolute atomic E-state index is 12.6. The Hall–Kier alpha value is -2.82. The van der Waals surface area contributed by atoms with Gasteiger partial charge in [0.15, 0.2) is 0 Å². The van der Waals surface area contributed by atoms with Gasteiger partial charge in [-0.3, -0.25) is 9.69 Å². The minimum Gasteiger partial charge on any atom is -0.508 e. The number of aliphatic carboxylic acids is 1. The Morgan fingerprint density at radius 3 is 2.57 bits per heavy atom. The zero-order valence-electron chi connectivity index (χ0n) is 11.1. The van der Waals surface area contributed by atoms with Gasteiger partial charge < -0.3 is 10.2 Å². The number of benzene rings is 2. The summed E-state index contributed by atoms with van der Waals surface area (Å²) in [6.07, 6.45) is 0.288. The highest BCUT2D eigenvalue weighted by Crippen LogP contribution is 2.33. The van der Waals surface area contributed by atoms with Gasteiger partial charge in [-0.1, -0.05) is 24.3 Å². The molecule has 106 valence electrons. The van der Waals surface area contributed by atoms with Gasteiger partial charge in [-0.05, 0) is 29.8 Å². The summed E-state index contributed by atoms with van der Waals surface area (Å²) in [7, 11) is 0. The lowest BCUT2D eigenvalue weighted by atomic mass is 10.1. The molecule has 0 fully saturated rings. The third-order valence-corrected chi connectivity index (χ3v) is 3.57. The van der Waals surface area contributed by atoms with E-state index in [2.05, 4.69) is 0 Å². The first-order chi connectivity index (χ1) is 10.1. The molecule has 0 spiro atoms. The number of carboxylic acids is 1. The van der Waals surface area contributed by atoms with Crippen LogP contribution in [0.2, 0.25) is 0 Å². The van der Waals surface area contributed by atoms with E-state index >= 15 is 0 Å². The monoisotopic (exact) mass is 283 g/mol. The summed E-state index contributed by atoms with van der Waals surface area (Å²) in [6.45, 7) is 0. The highest BCUT2D eigenvalue weighted by molar-refractivity contribution is 6.11. The molecule has 1 amide bonds. The third-order valence-electron chi connectivity index (χ3n) is 3.57. The minimum absolute atomic E-state index is 0.0276. The molecule has 1 aliphatic heterocycles. The molecule has 2 aromatic rings. The predicted octanol–water partition coefficient (Wildman–Crippen LogP) is 2.05. The molecule has 0 bridgehead atoms. The number of carbonyl (C=O) groups excluding carboxylic acids is 1. The third kappa shape index (κ3) is 2.23. The summed E-state index contributed by atoms with van der Waals surface area (Å²) < 4.78 is 0.